The largest absolute Gasteiger partial charge is 0.364 e. The fraction of sp³-hybridized carbons (Fsp3) is 0.333. The molecular formula is C42H48N4. The van der Waals surface area contributed by atoms with Gasteiger partial charge in [0.15, 0.2) is 0 Å². The standard InChI is InChI=1S/C42H48N4/c1-28-9-8-10-40(19-28)46(27-36-12-16-44-42(25-36)38-22-31(4)34(7)32(5)23-38)39-13-17-45(18-14-39)26-35-11-15-43-41(24-35)37-20-29(2)33(6)30(3)21-37/h8-12,15-16,19-25,39H,13-14,17-18,26-27H2,1-7H3. The summed E-state index contributed by atoms with van der Waals surface area (Å²) in [5, 5.41) is 0. The molecule has 4 heteroatoms. The summed E-state index contributed by atoms with van der Waals surface area (Å²) in [6.07, 6.45) is 6.23. The molecule has 2 aromatic heterocycles. The summed E-state index contributed by atoms with van der Waals surface area (Å²) < 4.78 is 0. The zero-order chi connectivity index (χ0) is 32.4. The molecule has 236 valence electrons. The van der Waals surface area contributed by atoms with Crippen molar-refractivity contribution in [2.24, 2.45) is 0 Å². The van der Waals surface area contributed by atoms with Gasteiger partial charge in [-0.05, 0) is 172 Å². The van der Waals surface area contributed by atoms with Gasteiger partial charge in [-0.25, -0.2) is 0 Å². The first-order valence-corrected chi connectivity index (χ1v) is 16.8. The minimum Gasteiger partial charge on any atom is -0.364 e. The minimum atomic E-state index is 0.477. The third kappa shape index (κ3) is 7.08. The average Bonchev–Trinajstić information content (AvgIpc) is 3.05. The molecular weight excluding hydrogens is 560 g/mol. The average molecular weight is 609 g/mol. The van der Waals surface area contributed by atoms with E-state index in [2.05, 4.69) is 131 Å². The van der Waals surface area contributed by atoms with E-state index in [-0.39, 0.29) is 0 Å². The number of nitrogens with zero attached hydrogens (tertiary/aromatic N) is 4. The minimum absolute atomic E-state index is 0.477. The Bertz CT molecular complexity index is 1800. The monoisotopic (exact) mass is 608 g/mol. The molecule has 1 aliphatic heterocycles. The molecule has 1 aliphatic rings. The Kier molecular flexibility index (Phi) is 9.37. The Morgan fingerprint density at radius 3 is 1.70 bits per heavy atom. The zero-order valence-electron chi connectivity index (χ0n) is 28.7. The van der Waals surface area contributed by atoms with Crippen LogP contribution in [0, 0.1) is 48.5 Å². The predicted octanol–water partition coefficient (Wildman–Crippen LogP) is 9.64. The van der Waals surface area contributed by atoms with Gasteiger partial charge in [-0.3, -0.25) is 14.9 Å². The van der Waals surface area contributed by atoms with E-state index in [1.165, 1.54) is 66.9 Å². The van der Waals surface area contributed by atoms with Gasteiger partial charge >= 0.3 is 0 Å². The summed E-state index contributed by atoms with van der Waals surface area (Å²) in [4.78, 5) is 14.8. The van der Waals surface area contributed by atoms with Crippen LogP contribution < -0.4 is 4.90 Å². The lowest BCUT2D eigenvalue weighted by atomic mass is 9.97. The molecule has 1 fully saturated rings. The van der Waals surface area contributed by atoms with Gasteiger partial charge in [-0.2, -0.15) is 0 Å². The van der Waals surface area contributed by atoms with E-state index in [0.29, 0.717) is 6.04 Å². The van der Waals surface area contributed by atoms with Gasteiger partial charge < -0.3 is 4.90 Å². The van der Waals surface area contributed by atoms with Gasteiger partial charge in [-0.1, -0.05) is 12.1 Å². The van der Waals surface area contributed by atoms with E-state index >= 15 is 0 Å². The second kappa shape index (κ2) is 13.6. The van der Waals surface area contributed by atoms with Gasteiger partial charge in [0.05, 0.1) is 11.4 Å². The van der Waals surface area contributed by atoms with E-state index in [1.807, 2.05) is 12.4 Å². The highest BCUT2D eigenvalue weighted by Gasteiger charge is 2.26. The summed E-state index contributed by atoms with van der Waals surface area (Å²) in [5.74, 6) is 0. The second-order valence-electron chi connectivity index (χ2n) is 13.5. The first kappa shape index (κ1) is 31.7. The molecule has 0 bridgehead atoms. The molecule has 0 saturated carbocycles. The lowest BCUT2D eigenvalue weighted by molar-refractivity contribution is 0.201. The Balaban J connectivity index is 1.18. The van der Waals surface area contributed by atoms with Gasteiger partial charge in [-0.15, -0.1) is 0 Å². The highest BCUT2D eigenvalue weighted by molar-refractivity contribution is 5.64. The van der Waals surface area contributed by atoms with Crippen molar-refractivity contribution < 1.29 is 0 Å². The molecule has 0 amide bonds. The SMILES string of the molecule is Cc1cccc(N(Cc2ccnc(-c3cc(C)c(C)c(C)c3)c2)C2CCN(Cc3ccnc(-c4cc(C)c(C)c(C)c4)c3)CC2)c1. The van der Waals surface area contributed by atoms with E-state index < -0.39 is 0 Å². The van der Waals surface area contributed by atoms with Gasteiger partial charge in [0.2, 0.25) is 0 Å². The van der Waals surface area contributed by atoms with E-state index in [1.54, 1.807) is 0 Å². The molecule has 6 rings (SSSR count). The van der Waals surface area contributed by atoms with Crippen molar-refractivity contribution in [3.8, 4) is 22.5 Å². The molecule has 0 aliphatic carbocycles. The number of likely N-dealkylation sites (tertiary alicyclic amines) is 1. The molecule has 0 spiro atoms. The van der Waals surface area contributed by atoms with Crippen molar-refractivity contribution in [1.29, 1.82) is 0 Å². The number of hydrogen-bond donors (Lipinski definition) is 0. The second-order valence-corrected chi connectivity index (χ2v) is 13.5. The molecule has 46 heavy (non-hydrogen) atoms. The highest BCUT2D eigenvalue weighted by Crippen LogP contribution is 2.30. The third-order valence-corrected chi connectivity index (χ3v) is 10.2. The maximum absolute atomic E-state index is 4.79. The van der Waals surface area contributed by atoms with E-state index in [0.717, 1.165) is 50.4 Å². The van der Waals surface area contributed by atoms with Crippen LogP contribution in [0.2, 0.25) is 0 Å². The van der Waals surface area contributed by atoms with Gasteiger partial charge in [0.25, 0.3) is 0 Å². The van der Waals surface area contributed by atoms with Crippen LogP contribution in [-0.4, -0.2) is 34.0 Å². The van der Waals surface area contributed by atoms with Crippen LogP contribution in [0.25, 0.3) is 22.5 Å². The summed E-state index contributed by atoms with van der Waals surface area (Å²) >= 11 is 0. The number of aryl methyl sites for hydroxylation is 5. The Morgan fingerprint density at radius 2 is 1.15 bits per heavy atom. The van der Waals surface area contributed by atoms with Crippen LogP contribution in [0.5, 0.6) is 0 Å². The number of anilines is 1. The lowest BCUT2D eigenvalue weighted by Gasteiger charge is -2.40. The molecule has 1 saturated heterocycles. The Hall–Kier alpha value is -4.28. The fourth-order valence-electron chi connectivity index (χ4n) is 6.91. The van der Waals surface area contributed by atoms with Crippen LogP contribution in [0.3, 0.4) is 0 Å². The zero-order valence-corrected chi connectivity index (χ0v) is 28.7. The molecule has 0 N–H and O–H groups in total. The normalized spacial score (nSPS) is 14.1. The topological polar surface area (TPSA) is 32.3 Å². The number of benzene rings is 3. The Morgan fingerprint density at radius 1 is 0.630 bits per heavy atom. The number of rotatable bonds is 8. The number of piperidine rings is 1. The molecule has 0 atom stereocenters. The summed E-state index contributed by atoms with van der Waals surface area (Å²) in [7, 11) is 0. The van der Waals surface area contributed by atoms with Crippen molar-refractivity contribution >= 4 is 5.69 Å². The van der Waals surface area contributed by atoms with E-state index in [4.69, 9.17) is 9.97 Å². The number of hydrogen-bond acceptors (Lipinski definition) is 4. The molecule has 5 aromatic rings. The van der Waals surface area contributed by atoms with Crippen LogP contribution in [0.1, 0.15) is 62.9 Å². The quantitative estimate of drug-likeness (QED) is 0.176. The van der Waals surface area contributed by atoms with Crippen molar-refractivity contribution in [3.05, 3.63) is 135 Å². The Labute approximate surface area is 276 Å². The first-order valence-electron chi connectivity index (χ1n) is 16.8. The summed E-state index contributed by atoms with van der Waals surface area (Å²) in [6.45, 7) is 19.4. The van der Waals surface area contributed by atoms with Crippen molar-refractivity contribution in [2.45, 2.75) is 80.4 Å². The van der Waals surface area contributed by atoms with Crippen molar-refractivity contribution in [3.63, 3.8) is 0 Å². The van der Waals surface area contributed by atoms with Crippen LogP contribution >= 0.6 is 0 Å². The first-order chi connectivity index (χ1) is 22.1. The van der Waals surface area contributed by atoms with Crippen molar-refractivity contribution in [2.75, 3.05) is 18.0 Å². The molecule has 3 aromatic carbocycles. The summed E-state index contributed by atoms with van der Waals surface area (Å²) in [6, 6.07) is 27.5. The third-order valence-electron chi connectivity index (χ3n) is 10.2. The molecule has 3 heterocycles. The predicted molar refractivity (Wildman–Crippen MR) is 193 cm³/mol. The fourth-order valence-corrected chi connectivity index (χ4v) is 6.91. The van der Waals surface area contributed by atoms with Crippen LogP contribution in [-0.2, 0) is 13.1 Å². The summed E-state index contributed by atoms with van der Waals surface area (Å²) in [5.41, 5.74) is 17.8. The van der Waals surface area contributed by atoms with Crippen molar-refractivity contribution in [1.82, 2.24) is 14.9 Å². The maximum Gasteiger partial charge on any atom is 0.0705 e. The maximum atomic E-state index is 4.79. The highest BCUT2D eigenvalue weighted by atomic mass is 15.2. The lowest BCUT2D eigenvalue weighted by Crippen LogP contribution is -2.44. The van der Waals surface area contributed by atoms with Crippen LogP contribution in [0.15, 0.2) is 85.2 Å². The van der Waals surface area contributed by atoms with Gasteiger partial charge in [0, 0.05) is 61.4 Å². The van der Waals surface area contributed by atoms with E-state index in [9.17, 15) is 0 Å². The smallest absolute Gasteiger partial charge is 0.0705 e. The van der Waals surface area contributed by atoms with Gasteiger partial charge in [0.1, 0.15) is 0 Å². The number of aromatic nitrogens is 2. The van der Waals surface area contributed by atoms with Crippen LogP contribution in [0.4, 0.5) is 5.69 Å². The molecule has 0 radical (unpaired) electrons. The number of pyridine rings is 2. The molecule has 4 nitrogen and oxygen atoms in total. The molecule has 0 unspecified atom stereocenters.